The first-order valence-corrected chi connectivity index (χ1v) is 12.1. The minimum Gasteiger partial charge on any atom is -0.483 e. The van der Waals surface area contributed by atoms with Gasteiger partial charge in [-0.05, 0) is 49.7 Å². The molecule has 1 heterocycles. The van der Waals surface area contributed by atoms with E-state index in [0.717, 1.165) is 5.56 Å². The summed E-state index contributed by atoms with van der Waals surface area (Å²) in [6.07, 6.45) is 0. The second-order valence-corrected chi connectivity index (χ2v) is 9.18. The maximum atomic E-state index is 13.2. The van der Waals surface area contributed by atoms with Crippen molar-refractivity contribution in [1.29, 1.82) is 0 Å². The highest BCUT2D eigenvalue weighted by molar-refractivity contribution is 6.30. The van der Waals surface area contributed by atoms with E-state index in [1.54, 1.807) is 30.3 Å². The SMILES string of the molecule is CC1CN(C(=O)COc2ccc(Cl)cc2CNC(=O)NCCN)C(C)CN1Cc1ccc(F)cc1. The molecule has 1 saturated heterocycles. The van der Waals surface area contributed by atoms with E-state index in [1.807, 2.05) is 11.8 Å². The summed E-state index contributed by atoms with van der Waals surface area (Å²) in [5.74, 6) is 0.123. The average molecular weight is 506 g/mol. The molecule has 2 aromatic rings. The molecule has 190 valence electrons. The monoisotopic (exact) mass is 505 g/mol. The Morgan fingerprint density at radius 2 is 1.86 bits per heavy atom. The number of rotatable bonds is 9. The molecule has 10 heteroatoms. The van der Waals surface area contributed by atoms with E-state index in [9.17, 15) is 14.0 Å². The number of piperazine rings is 1. The highest BCUT2D eigenvalue weighted by atomic mass is 35.5. The minimum atomic E-state index is -0.348. The molecule has 0 aliphatic carbocycles. The number of nitrogens with one attached hydrogen (secondary N) is 2. The van der Waals surface area contributed by atoms with E-state index < -0.39 is 0 Å². The molecule has 8 nitrogen and oxygen atoms in total. The number of nitrogens with zero attached hydrogens (tertiary/aromatic N) is 2. The molecule has 0 spiro atoms. The number of carbonyl (C=O) groups is 2. The lowest BCUT2D eigenvalue weighted by Gasteiger charge is -2.44. The van der Waals surface area contributed by atoms with Crippen LogP contribution in [0.15, 0.2) is 42.5 Å². The van der Waals surface area contributed by atoms with Gasteiger partial charge in [0.2, 0.25) is 0 Å². The van der Waals surface area contributed by atoms with Crippen LogP contribution in [0.5, 0.6) is 5.75 Å². The summed E-state index contributed by atoms with van der Waals surface area (Å²) in [6, 6.07) is 11.4. The van der Waals surface area contributed by atoms with E-state index in [4.69, 9.17) is 22.1 Å². The van der Waals surface area contributed by atoms with E-state index >= 15 is 0 Å². The molecule has 2 atom stereocenters. The summed E-state index contributed by atoms with van der Waals surface area (Å²) in [7, 11) is 0. The first-order valence-electron chi connectivity index (χ1n) is 11.7. The van der Waals surface area contributed by atoms with Crippen molar-refractivity contribution in [2.75, 3.05) is 32.8 Å². The van der Waals surface area contributed by atoms with Gasteiger partial charge in [0.1, 0.15) is 11.6 Å². The highest BCUT2D eigenvalue weighted by Crippen LogP contribution is 2.24. The third-order valence-electron chi connectivity index (χ3n) is 5.98. The molecule has 3 rings (SSSR count). The van der Waals surface area contributed by atoms with Crippen LogP contribution in [-0.4, -0.2) is 66.6 Å². The van der Waals surface area contributed by atoms with E-state index in [2.05, 4.69) is 22.5 Å². The van der Waals surface area contributed by atoms with Crippen molar-refractivity contribution in [3.8, 4) is 5.75 Å². The van der Waals surface area contributed by atoms with E-state index in [0.29, 0.717) is 49.1 Å². The van der Waals surface area contributed by atoms with Crippen LogP contribution in [0.1, 0.15) is 25.0 Å². The Morgan fingerprint density at radius 1 is 1.11 bits per heavy atom. The summed E-state index contributed by atoms with van der Waals surface area (Å²) in [5.41, 5.74) is 7.09. The second kappa shape index (κ2) is 12.7. The normalized spacial score (nSPS) is 18.3. The predicted molar refractivity (Wildman–Crippen MR) is 134 cm³/mol. The van der Waals surface area contributed by atoms with Crippen LogP contribution in [0.25, 0.3) is 0 Å². The molecular formula is C25H33ClFN5O3. The Morgan fingerprint density at radius 3 is 2.57 bits per heavy atom. The smallest absolute Gasteiger partial charge is 0.315 e. The molecule has 0 bridgehead atoms. The quantitative estimate of drug-likeness (QED) is 0.486. The fraction of sp³-hybridized carbons (Fsp3) is 0.440. The Balaban J connectivity index is 1.55. The molecule has 0 saturated carbocycles. The Kier molecular flexibility index (Phi) is 9.71. The van der Waals surface area contributed by atoms with Crippen LogP contribution in [-0.2, 0) is 17.9 Å². The van der Waals surface area contributed by atoms with Crippen LogP contribution in [0.3, 0.4) is 0 Å². The molecule has 0 aromatic heterocycles. The number of hydrogen-bond donors (Lipinski definition) is 3. The summed E-state index contributed by atoms with van der Waals surface area (Å²) >= 11 is 6.12. The number of ether oxygens (including phenoxy) is 1. The lowest BCUT2D eigenvalue weighted by Crippen LogP contribution is -2.58. The maximum Gasteiger partial charge on any atom is 0.315 e. The van der Waals surface area contributed by atoms with Gasteiger partial charge in [0.15, 0.2) is 6.61 Å². The standard InChI is InChI=1S/C25H33ClFN5O3/c1-17-14-32(18(2)13-31(17)15-19-3-6-22(27)7-4-19)24(33)16-35-23-8-5-21(26)11-20(23)12-30-25(34)29-10-9-28/h3-8,11,17-18H,9-10,12-16,28H2,1-2H3,(H2,29,30,34). The number of amides is 3. The molecule has 1 aliphatic heterocycles. The summed E-state index contributed by atoms with van der Waals surface area (Å²) < 4.78 is 19.1. The summed E-state index contributed by atoms with van der Waals surface area (Å²) in [5, 5.41) is 5.86. The number of halogens is 2. The molecule has 2 aromatic carbocycles. The average Bonchev–Trinajstić information content (AvgIpc) is 2.84. The van der Waals surface area contributed by atoms with Gasteiger partial charge in [-0.15, -0.1) is 0 Å². The van der Waals surface area contributed by atoms with Gasteiger partial charge in [0.25, 0.3) is 5.91 Å². The van der Waals surface area contributed by atoms with Gasteiger partial charge in [-0.1, -0.05) is 23.7 Å². The van der Waals surface area contributed by atoms with Crippen molar-refractivity contribution in [2.24, 2.45) is 5.73 Å². The molecule has 1 aliphatic rings. The van der Waals surface area contributed by atoms with Gasteiger partial charge in [-0.2, -0.15) is 0 Å². The zero-order chi connectivity index (χ0) is 25.4. The fourth-order valence-electron chi connectivity index (χ4n) is 4.06. The Labute approximate surface area is 210 Å². The molecule has 4 N–H and O–H groups in total. The van der Waals surface area contributed by atoms with Crippen molar-refractivity contribution >= 4 is 23.5 Å². The van der Waals surface area contributed by atoms with Crippen LogP contribution < -0.4 is 21.1 Å². The van der Waals surface area contributed by atoms with Crippen LogP contribution in [0.4, 0.5) is 9.18 Å². The van der Waals surface area contributed by atoms with E-state index in [-0.39, 0.29) is 43.0 Å². The number of carbonyl (C=O) groups excluding carboxylic acids is 2. The maximum absolute atomic E-state index is 13.2. The van der Waals surface area contributed by atoms with Gasteiger partial charge < -0.3 is 26.0 Å². The summed E-state index contributed by atoms with van der Waals surface area (Å²) in [6.45, 7) is 6.85. The Bertz CT molecular complexity index is 1010. The summed E-state index contributed by atoms with van der Waals surface area (Å²) in [4.78, 5) is 29.0. The molecule has 0 radical (unpaired) electrons. The van der Waals surface area contributed by atoms with Gasteiger partial charge in [0, 0.05) is 61.9 Å². The van der Waals surface area contributed by atoms with Gasteiger partial charge in [-0.25, -0.2) is 9.18 Å². The Hall–Kier alpha value is -2.88. The van der Waals surface area contributed by atoms with Crippen LogP contribution >= 0.6 is 11.6 Å². The number of urea groups is 1. The number of nitrogens with two attached hydrogens (primary N) is 1. The minimum absolute atomic E-state index is 0.000319. The zero-order valence-corrected chi connectivity index (χ0v) is 20.9. The van der Waals surface area contributed by atoms with Crippen molar-refractivity contribution in [3.63, 3.8) is 0 Å². The van der Waals surface area contributed by atoms with Crippen molar-refractivity contribution in [3.05, 3.63) is 64.4 Å². The largest absolute Gasteiger partial charge is 0.483 e. The lowest BCUT2D eigenvalue weighted by molar-refractivity contribution is -0.139. The van der Waals surface area contributed by atoms with Crippen molar-refractivity contribution in [1.82, 2.24) is 20.4 Å². The lowest BCUT2D eigenvalue weighted by atomic mass is 10.1. The topological polar surface area (TPSA) is 99.9 Å². The second-order valence-electron chi connectivity index (χ2n) is 8.74. The third-order valence-corrected chi connectivity index (χ3v) is 6.21. The first kappa shape index (κ1) is 26.7. The van der Waals surface area contributed by atoms with Gasteiger partial charge in [-0.3, -0.25) is 9.69 Å². The molecular weight excluding hydrogens is 473 g/mol. The fourth-order valence-corrected chi connectivity index (χ4v) is 4.26. The van der Waals surface area contributed by atoms with Crippen LogP contribution in [0, 0.1) is 5.82 Å². The molecule has 3 amide bonds. The van der Waals surface area contributed by atoms with Crippen molar-refractivity contribution in [2.45, 2.75) is 39.0 Å². The first-order chi connectivity index (χ1) is 16.8. The van der Waals surface area contributed by atoms with Crippen molar-refractivity contribution < 1.29 is 18.7 Å². The molecule has 2 unspecified atom stereocenters. The zero-order valence-electron chi connectivity index (χ0n) is 20.1. The van der Waals surface area contributed by atoms with Gasteiger partial charge >= 0.3 is 6.03 Å². The number of hydrogen-bond acceptors (Lipinski definition) is 5. The van der Waals surface area contributed by atoms with Crippen LogP contribution in [0.2, 0.25) is 5.02 Å². The third kappa shape index (κ3) is 7.81. The van der Waals surface area contributed by atoms with E-state index in [1.165, 1.54) is 12.1 Å². The highest BCUT2D eigenvalue weighted by Gasteiger charge is 2.32. The number of benzene rings is 2. The van der Waals surface area contributed by atoms with Gasteiger partial charge in [0.05, 0.1) is 0 Å². The molecule has 1 fully saturated rings. The molecule has 35 heavy (non-hydrogen) atoms. The predicted octanol–water partition coefficient (Wildman–Crippen LogP) is 2.74.